The zero-order valence-electron chi connectivity index (χ0n) is 55.7. The van der Waals surface area contributed by atoms with Gasteiger partial charge in [0.15, 0.2) is 5.96 Å². The number of nitrogens with one attached hydrogen (secondary N) is 11. The first-order valence-electron chi connectivity index (χ1n) is 32.5. The molecular weight excluding hydrogens is 1300 g/mol. The van der Waals surface area contributed by atoms with E-state index in [4.69, 9.17) is 28.8 Å². The molecule has 99 heavy (non-hydrogen) atoms. The third kappa shape index (κ3) is 24.3. The summed E-state index contributed by atoms with van der Waals surface area (Å²) in [6, 6.07) is 8.74. The van der Waals surface area contributed by atoms with Gasteiger partial charge < -0.3 is 90.8 Å². The number of guanidine groups is 1. The van der Waals surface area contributed by atoms with Gasteiger partial charge in [-0.05, 0) is 110 Å². The maximum Gasteiger partial charge on any atom is 0.245 e. The molecule has 0 spiro atoms. The van der Waals surface area contributed by atoms with Gasteiger partial charge in [0.2, 0.25) is 76.8 Å². The van der Waals surface area contributed by atoms with Gasteiger partial charge in [-0.2, -0.15) is 0 Å². The number of hydrogen-bond acceptors (Lipinski definition) is 16. The first-order chi connectivity index (χ1) is 47.0. The molecule has 31 nitrogen and oxygen atoms in total. The van der Waals surface area contributed by atoms with Crippen molar-refractivity contribution in [1.29, 1.82) is 0 Å². The van der Waals surface area contributed by atoms with Crippen LogP contribution in [0, 0.1) is 5.92 Å². The summed E-state index contributed by atoms with van der Waals surface area (Å²) >= 11 is 6.14. The van der Waals surface area contributed by atoms with Gasteiger partial charge in [-0.25, -0.2) is 0 Å². The number of benzene rings is 4. The molecule has 2 fully saturated rings. The average molecular weight is 1390 g/mol. The van der Waals surface area contributed by atoms with E-state index < -0.39 is 156 Å². The summed E-state index contributed by atoms with van der Waals surface area (Å²) < 4.78 is 0. The summed E-state index contributed by atoms with van der Waals surface area (Å²) in [5.41, 5.74) is 17.9. The topological polar surface area (TPSA) is 488 Å². The number of carbonyl (C=O) groups excluding carboxylic acids is 13. The average Bonchev–Trinajstić information content (AvgIpc) is 1.46. The number of nitrogens with two attached hydrogens (primary N) is 3. The van der Waals surface area contributed by atoms with Crippen molar-refractivity contribution in [3.05, 3.63) is 113 Å². The van der Waals surface area contributed by atoms with Gasteiger partial charge in [0, 0.05) is 50.8 Å². The lowest BCUT2D eigenvalue weighted by Gasteiger charge is -2.31. The number of primary amides is 1. The monoisotopic (exact) mass is 1390 g/mol. The Kier molecular flexibility index (Phi) is 29.3. The quantitative estimate of drug-likeness (QED) is 0.0160. The number of aliphatic hydroxyl groups excluding tert-OH is 1. The van der Waals surface area contributed by atoms with Crippen molar-refractivity contribution in [2.45, 2.75) is 165 Å². The van der Waals surface area contributed by atoms with E-state index in [9.17, 15) is 63.0 Å². The highest BCUT2D eigenvalue weighted by molar-refractivity contribution is 6.30. The van der Waals surface area contributed by atoms with Crippen LogP contribution in [0.25, 0.3) is 10.8 Å². The second-order valence-electron chi connectivity index (χ2n) is 24.9. The summed E-state index contributed by atoms with van der Waals surface area (Å²) in [7, 11) is 0. The van der Waals surface area contributed by atoms with E-state index >= 15 is 9.59 Å². The van der Waals surface area contributed by atoms with Crippen LogP contribution in [0.4, 0.5) is 0 Å². The SMILES string of the molecule is CC(=O)N[C@@H]1CC(=O)N[C@H](C)C(=O)NCC[C@H](C(=O)N[C@@H](CO)C(=O)N[C@@H](Cc2ccc(O)cc2)C(=O)N[C@H](Cc2ccc3ccccc3c2)C(=O)N[C@@H](CC(C)C)C(=O)N[C@@H](CCCN=C(N)N)C(=O)N2CCC[C@H]2C(=O)N[C@H](C)C(N)=O)NC(=O)[C@@H](Cc2ccc(Cl)cc2)NC1=O. The van der Waals surface area contributed by atoms with E-state index in [1.54, 1.807) is 44.2 Å². The fraction of sp³-hybridized carbons (Fsp3) is 0.463. The Bertz CT molecular complexity index is 3610. The van der Waals surface area contributed by atoms with Crippen LogP contribution in [0.3, 0.4) is 0 Å². The maximum absolute atomic E-state index is 15.1. The Morgan fingerprint density at radius 2 is 1.26 bits per heavy atom. The van der Waals surface area contributed by atoms with Crippen LogP contribution in [0.1, 0.15) is 96.3 Å². The molecule has 0 saturated carbocycles. The Morgan fingerprint density at radius 3 is 1.89 bits per heavy atom. The Hall–Kier alpha value is -10.4. The molecule has 4 aromatic rings. The number of halogens is 1. The number of aromatic hydroxyl groups is 1. The van der Waals surface area contributed by atoms with Gasteiger partial charge in [-0.3, -0.25) is 67.3 Å². The molecule has 0 bridgehead atoms. The van der Waals surface area contributed by atoms with E-state index in [1.165, 1.54) is 55.1 Å². The molecule has 4 aromatic carbocycles. The molecule has 0 aromatic heterocycles. The number of nitrogens with zero attached hydrogens (tertiary/aromatic N) is 2. The molecule has 2 heterocycles. The second kappa shape index (κ2) is 37.3. The number of rotatable bonds is 28. The molecule has 534 valence electrons. The maximum atomic E-state index is 15.1. The highest BCUT2D eigenvalue weighted by Crippen LogP contribution is 2.22. The van der Waals surface area contributed by atoms with Crippen molar-refractivity contribution >= 4 is 105 Å². The summed E-state index contributed by atoms with van der Waals surface area (Å²) in [4.78, 5) is 186. The number of phenols is 1. The number of carbonyl (C=O) groups is 13. The minimum absolute atomic E-state index is 0.00436. The highest BCUT2D eigenvalue weighted by Gasteiger charge is 2.41. The highest BCUT2D eigenvalue weighted by atomic mass is 35.5. The van der Waals surface area contributed by atoms with E-state index in [0.717, 1.165) is 17.7 Å². The molecule has 19 N–H and O–H groups in total. The fourth-order valence-electron chi connectivity index (χ4n) is 11.2. The molecule has 11 atom stereocenters. The Balaban J connectivity index is 1.30. The second-order valence-corrected chi connectivity index (χ2v) is 25.4. The van der Waals surface area contributed by atoms with Gasteiger partial charge in [0.25, 0.3) is 0 Å². The minimum atomic E-state index is -1.89. The van der Waals surface area contributed by atoms with Gasteiger partial charge in [-0.1, -0.05) is 92.2 Å². The summed E-state index contributed by atoms with van der Waals surface area (Å²) in [5.74, 6) is -11.8. The lowest BCUT2D eigenvalue weighted by molar-refractivity contribution is -0.142. The molecule has 2 aliphatic heterocycles. The van der Waals surface area contributed by atoms with Crippen molar-refractivity contribution in [3.8, 4) is 5.75 Å². The van der Waals surface area contributed by atoms with Crippen molar-refractivity contribution in [2.24, 2.45) is 28.1 Å². The summed E-state index contributed by atoms with van der Waals surface area (Å²) in [5, 5.41) is 51.4. The fourth-order valence-corrected chi connectivity index (χ4v) is 11.3. The Morgan fingerprint density at radius 1 is 0.667 bits per heavy atom. The molecule has 2 saturated heterocycles. The predicted octanol–water partition coefficient (Wildman–Crippen LogP) is -2.39. The number of aliphatic hydroxyl groups is 1. The van der Waals surface area contributed by atoms with E-state index in [2.05, 4.69) is 63.5 Å². The van der Waals surface area contributed by atoms with Gasteiger partial charge >= 0.3 is 0 Å². The summed E-state index contributed by atoms with van der Waals surface area (Å²) in [6.07, 6.45) is -1.01. The molecular formula is C67H89ClN16O15. The minimum Gasteiger partial charge on any atom is -0.508 e. The molecule has 0 aliphatic carbocycles. The molecule has 13 amide bonds. The number of phenolic OH excluding ortho intramolecular Hbond substituents is 1. The number of hydrogen-bond donors (Lipinski definition) is 16. The van der Waals surface area contributed by atoms with Gasteiger partial charge in [0.05, 0.1) is 13.0 Å². The van der Waals surface area contributed by atoms with Crippen molar-refractivity contribution in [1.82, 2.24) is 63.4 Å². The van der Waals surface area contributed by atoms with E-state index in [-0.39, 0.29) is 88.6 Å². The largest absolute Gasteiger partial charge is 0.508 e. The van der Waals surface area contributed by atoms with E-state index in [1.807, 2.05) is 24.3 Å². The van der Waals surface area contributed by atoms with E-state index in [0.29, 0.717) is 28.1 Å². The first kappa shape index (κ1) is 77.6. The smallest absolute Gasteiger partial charge is 0.245 e. The van der Waals surface area contributed by atoms with Gasteiger partial charge in [0.1, 0.15) is 72.2 Å². The zero-order chi connectivity index (χ0) is 72.6. The third-order valence-electron chi connectivity index (χ3n) is 16.4. The van der Waals surface area contributed by atoms with Crippen molar-refractivity contribution in [2.75, 3.05) is 26.2 Å². The Labute approximate surface area is 576 Å². The van der Waals surface area contributed by atoms with Crippen LogP contribution in [0.5, 0.6) is 5.75 Å². The van der Waals surface area contributed by atoms with Crippen LogP contribution in [-0.2, 0) is 81.6 Å². The van der Waals surface area contributed by atoms with Crippen LogP contribution in [0.2, 0.25) is 5.02 Å². The lowest BCUT2D eigenvalue weighted by atomic mass is 9.98. The molecule has 0 unspecified atom stereocenters. The number of amides is 13. The van der Waals surface area contributed by atoms with Crippen LogP contribution >= 0.6 is 11.6 Å². The van der Waals surface area contributed by atoms with Crippen LogP contribution in [0.15, 0.2) is 96.0 Å². The first-order valence-corrected chi connectivity index (χ1v) is 32.9. The number of aliphatic imine (C=N–C) groups is 1. The molecule has 32 heteroatoms. The van der Waals surface area contributed by atoms with Crippen LogP contribution in [-0.4, -0.2) is 191 Å². The third-order valence-corrected chi connectivity index (χ3v) is 16.7. The summed E-state index contributed by atoms with van der Waals surface area (Å²) in [6.45, 7) is 6.16. The van der Waals surface area contributed by atoms with Crippen molar-refractivity contribution in [3.63, 3.8) is 0 Å². The predicted molar refractivity (Wildman–Crippen MR) is 364 cm³/mol. The number of fused-ring (bicyclic) bond motifs is 1. The van der Waals surface area contributed by atoms with Crippen molar-refractivity contribution < 1.29 is 72.5 Å². The van der Waals surface area contributed by atoms with Crippen LogP contribution < -0.4 is 75.7 Å². The molecule has 0 radical (unpaired) electrons. The molecule has 2 aliphatic rings. The number of likely N-dealkylation sites (tertiary alicyclic amines) is 1. The standard InChI is InChI=1S/C67H89ClN16O15/c1-35(2)28-48(59(92)78-47(12-8-25-73-67(70)71)66(99)84-27-9-13-54(84)65(98)75-36(3)56(69)89)79-62(95)51(32-41-14-19-42-10-6-7-11-43(42)29-41)81-61(94)50(31-40-17-22-45(87)23-18-40)82-64(97)53(34-85)83-58(91)46-24-26-72-57(90)37(4)74-55(88)33-52(76-38(5)86)63(96)80-49(60(93)77-46)30-39-15-20-44(68)21-16-39/h6-7,10-11,14-23,29,35-37,46-54,85,87H,8-9,12-13,24-28,30-34H2,1-5H3,(H2,69,89)(H,72,90)(H,74,88)(H,75,98)(H,76,86)(H,77,93)(H,78,92)(H,79,95)(H,80,96)(H,81,94)(H,82,97)(H,83,91)(H4,70,71,73)/t36-,37-,46-,47+,48+,49-,50+,51-,52-,53+,54+/m1/s1. The lowest BCUT2D eigenvalue weighted by Crippen LogP contribution is -2.61. The molecule has 6 rings (SSSR count). The normalized spacial score (nSPS) is 19.4. The zero-order valence-corrected chi connectivity index (χ0v) is 56.4. The van der Waals surface area contributed by atoms with Gasteiger partial charge in [-0.15, -0.1) is 0 Å².